The Bertz CT molecular complexity index is 858. The molecule has 4 rings (SSSR count). The summed E-state index contributed by atoms with van der Waals surface area (Å²) in [7, 11) is 1.68. The fraction of sp³-hybridized carbons (Fsp3) is 0.278. The van der Waals surface area contributed by atoms with Gasteiger partial charge in [0.2, 0.25) is 0 Å². The SMILES string of the molecule is COc1cccc(N2CCN(c3nc4c(F)cccc4s3)CC2)c1. The van der Waals surface area contributed by atoms with E-state index in [0.717, 1.165) is 41.8 Å². The molecule has 1 saturated heterocycles. The predicted octanol–water partition coefficient (Wildman–Crippen LogP) is 3.77. The van der Waals surface area contributed by atoms with Crippen molar-refractivity contribution in [1.29, 1.82) is 0 Å². The number of ether oxygens (including phenoxy) is 1. The topological polar surface area (TPSA) is 28.6 Å². The molecular formula is C18H18FN3OS. The Morgan fingerprint density at radius 3 is 2.54 bits per heavy atom. The molecule has 1 aromatic heterocycles. The first-order valence-corrected chi connectivity index (χ1v) is 8.75. The van der Waals surface area contributed by atoms with E-state index in [9.17, 15) is 4.39 Å². The normalized spacial score (nSPS) is 15.1. The molecule has 0 aliphatic carbocycles. The molecule has 0 atom stereocenters. The van der Waals surface area contributed by atoms with Crippen molar-refractivity contribution >= 4 is 32.4 Å². The maximum Gasteiger partial charge on any atom is 0.186 e. The van der Waals surface area contributed by atoms with Gasteiger partial charge in [-0.15, -0.1) is 0 Å². The van der Waals surface area contributed by atoms with Crippen LogP contribution in [0.5, 0.6) is 5.75 Å². The van der Waals surface area contributed by atoms with Crippen LogP contribution in [0.4, 0.5) is 15.2 Å². The van der Waals surface area contributed by atoms with Gasteiger partial charge in [-0.3, -0.25) is 0 Å². The predicted molar refractivity (Wildman–Crippen MR) is 97.0 cm³/mol. The summed E-state index contributed by atoms with van der Waals surface area (Å²) in [5.74, 6) is 0.626. The highest BCUT2D eigenvalue weighted by molar-refractivity contribution is 7.22. The van der Waals surface area contributed by atoms with Crippen LogP contribution in [-0.4, -0.2) is 38.3 Å². The van der Waals surface area contributed by atoms with Crippen molar-refractivity contribution in [3.63, 3.8) is 0 Å². The lowest BCUT2D eigenvalue weighted by atomic mass is 10.2. The second-order valence-electron chi connectivity index (χ2n) is 5.76. The first kappa shape index (κ1) is 15.2. The van der Waals surface area contributed by atoms with E-state index in [4.69, 9.17) is 4.74 Å². The molecule has 1 aliphatic heterocycles. The van der Waals surface area contributed by atoms with Crippen LogP contribution in [0.25, 0.3) is 10.2 Å². The van der Waals surface area contributed by atoms with Crippen LogP contribution < -0.4 is 14.5 Å². The molecule has 24 heavy (non-hydrogen) atoms. The lowest BCUT2D eigenvalue weighted by Gasteiger charge is -2.36. The number of fused-ring (bicyclic) bond motifs is 1. The third kappa shape index (κ3) is 2.78. The first-order chi connectivity index (χ1) is 11.7. The molecule has 0 amide bonds. The molecule has 124 valence electrons. The number of aromatic nitrogens is 1. The van der Waals surface area contributed by atoms with Crippen molar-refractivity contribution in [2.45, 2.75) is 0 Å². The fourth-order valence-electron chi connectivity index (χ4n) is 3.00. The van der Waals surface area contributed by atoms with Gasteiger partial charge in [-0.25, -0.2) is 9.37 Å². The fourth-order valence-corrected chi connectivity index (χ4v) is 4.03. The molecule has 2 aromatic carbocycles. The van der Waals surface area contributed by atoms with Crippen molar-refractivity contribution in [2.75, 3.05) is 43.1 Å². The third-order valence-electron chi connectivity index (χ3n) is 4.33. The van der Waals surface area contributed by atoms with E-state index in [2.05, 4.69) is 26.9 Å². The molecule has 2 heterocycles. The number of para-hydroxylation sites is 1. The Morgan fingerprint density at radius 2 is 1.79 bits per heavy atom. The van der Waals surface area contributed by atoms with Gasteiger partial charge < -0.3 is 14.5 Å². The van der Waals surface area contributed by atoms with E-state index in [1.165, 1.54) is 11.8 Å². The molecule has 0 unspecified atom stereocenters. The molecule has 0 saturated carbocycles. The number of methoxy groups -OCH3 is 1. The number of hydrogen-bond donors (Lipinski definition) is 0. The lowest BCUT2D eigenvalue weighted by Crippen LogP contribution is -2.46. The molecule has 1 fully saturated rings. The molecule has 4 nitrogen and oxygen atoms in total. The summed E-state index contributed by atoms with van der Waals surface area (Å²) >= 11 is 1.56. The largest absolute Gasteiger partial charge is 0.497 e. The van der Waals surface area contributed by atoms with Gasteiger partial charge in [0.15, 0.2) is 5.13 Å². The van der Waals surface area contributed by atoms with E-state index in [0.29, 0.717) is 5.52 Å². The Balaban J connectivity index is 1.49. The van der Waals surface area contributed by atoms with Crippen molar-refractivity contribution in [1.82, 2.24) is 4.98 Å². The summed E-state index contributed by atoms with van der Waals surface area (Å²) in [6.45, 7) is 3.56. The average Bonchev–Trinajstić information content (AvgIpc) is 3.08. The first-order valence-electron chi connectivity index (χ1n) is 7.93. The maximum absolute atomic E-state index is 13.8. The quantitative estimate of drug-likeness (QED) is 0.724. The Kier molecular flexibility index (Phi) is 3.98. The van der Waals surface area contributed by atoms with Gasteiger partial charge in [-0.05, 0) is 24.3 Å². The molecule has 3 aromatic rings. The zero-order chi connectivity index (χ0) is 16.5. The minimum absolute atomic E-state index is 0.245. The van der Waals surface area contributed by atoms with Crippen LogP contribution in [-0.2, 0) is 0 Å². The van der Waals surface area contributed by atoms with E-state index in [1.54, 1.807) is 24.5 Å². The maximum atomic E-state index is 13.8. The lowest BCUT2D eigenvalue weighted by molar-refractivity contribution is 0.414. The molecule has 0 spiro atoms. The Morgan fingerprint density at radius 1 is 1.04 bits per heavy atom. The zero-order valence-corrected chi connectivity index (χ0v) is 14.2. The van der Waals surface area contributed by atoms with Gasteiger partial charge in [-0.2, -0.15) is 0 Å². The van der Waals surface area contributed by atoms with Crippen molar-refractivity contribution < 1.29 is 9.13 Å². The minimum Gasteiger partial charge on any atom is -0.497 e. The van der Waals surface area contributed by atoms with E-state index in [1.807, 2.05) is 18.2 Å². The summed E-state index contributed by atoms with van der Waals surface area (Å²) in [4.78, 5) is 9.07. The van der Waals surface area contributed by atoms with Crippen LogP contribution in [0, 0.1) is 5.82 Å². The summed E-state index contributed by atoms with van der Waals surface area (Å²) in [5.41, 5.74) is 1.65. The number of thiazole rings is 1. The highest BCUT2D eigenvalue weighted by Gasteiger charge is 2.21. The second-order valence-corrected chi connectivity index (χ2v) is 6.77. The van der Waals surface area contributed by atoms with Gasteiger partial charge in [0.05, 0.1) is 11.8 Å². The highest BCUT2D eigenvalue weighted by atomic mass is 32.1. The van der Waals surface area contributed by atoms with Gasteiger partial charge in [0, 0.05) is 37.9 Å². The van der Waals surface area contributed by atoms with Crippen molar-refractivity contribution in [2.24, 2.45) is 0 Å². The Labute approximate surface area is 144 Å². The highest BCUT2D eigenvalue weighted by Crippen LogP contribution is 2.31. The summed E-state index contributed by atoms with van der Waals surface area (Å²) in [5, 5.41) is 0.903. The molecule has 1 aliphatic rings. The van der Waals surface area contributed by atoms with Crippen LogP contribution in [0.2, 0.25) is 0 Å². The number of hydrogen-bond acceptors (Lipinski definition) is 5. The van der Waals surface area contributed by atoms with Gasteiger partial charge >= 0.3 is 0 Å². The van der Waals surface area contributed by atoms with Gasteiger partial charge in [0.25, 0.3) is 0 Å². The molecule has 0 radical (unpaired) electrons. The van der Waals surface area contributed by atoms with Crippen molar-refractivity contribution in [3.05, 3.63) is 48.3 Å². The second kappa shape index (κ2) is 6.28. The molecule has 0 N–H and O–H groups in total. The van der Waals surface area contributed by atoms with Gasteiger partial charge in [0.1, 0.15) is 17.1 Å². The minimum atomic E-state index is -0.245. The van der Waals surface area contributed by atoms with Crippen LogP contribution in [0.1, 0.15) is 0 Å². The monoisotopic (exact) mass is 343 g/mol. The number of rotatable bonds is 3. The molecular weight excluding hydrogens is 325 g/mol. The number of nitrogens with zero attached hydrogens (tertiary/aromatic N) is 3. The van der Waals surface area contributed by atoms with Crippen LogP contribution >= 0.6 is 11.3 Å². The summed E-state index contributed by atoms with van der Waals surface area (Å²) < 4.78 is 20.0. The van der Waals surface area contributed by atoms with Gasteiger partial charge in [-0.1, -0.05) is 23.5 Å². The Hall–Kier alpha value is -2.34. The van der Waals surface area contributed by atoms with Crippen LogP contribution in [0.15, 0.2) is 42.5 Å². The number of piperazine rings is 1. The standard InChI is InChI=1S/C18H18FN3OS/c1-23-14-5-2-4-13(12-14)21-8-10-22(11-9-21)18-20-17-15(19)6-3-7-16(17)24-18/h2-7,12H,8-11H2,1H3. The third-order valence-corrected chi connectivity index (χ3v) is 5.41. The number of benzene rings is 2. The van der Waals surface area contributed by atoms with E-state index < -0.39 is 0 Å². The average molecular weight is 343 g/mol. The van der Waals surface area contributed by atoms with Crippen molar-refractivity contribution in [3.8, 4) is 5.75 Å². The van der Waals surface area contributed by atoms with Crippen LogP contribution in [0.3, 0.4) is 0 Å². The number of halogens is 1. The molecule has 6 heteroatoms. The zero-order valence-electron chi connectivity index (χ0n) is 13.4. The summed E-state index contributed by atoms with van der Waals surface area (Å²) in [6, 6.07) is 13.2. The smallest absolute Gasteiger partial charge is 0.186 e. The van der Waals surface area contributed by atoms with E-state index >= 15 is 0 Å². The molecule has 0 bridgehead atoms. The summed E-state index contributed by atoms with van der Waals surface area (Å²) in [6.07, 6.45) is 0. The number of anilines is 2. The van der Waals surface area contributed by atoms with E-state index in [-0.39, 0.29) is 5.82 Å².